The highest BCUT2D eigenvalue weighted by Gasteiger charge is 2.25. The van der Waals surface area contributed by atoms with Crippen LogP contribution in [0, 0.1) is 0 Å². The molecule has 0 aliphatic carbocycles. The molecule has 1 aromatic rings. The van der Waals surface area contributed by atoms with Crippen LogP contribution >= 0.6 is 0 Å². The Balaban J connectivity index is 2.75. The zero-order chi connectivity index (χ0) is 12.8. The quantitative estimate of drug-likeness (QED) is 0.426. The molecular weight excluding hydrogens is 224 g/mol. The Labute approximate surface area is 98.2 Å². The van der Waals surface area contributed by atoms with Crippen LogP contribution in [0.15, 0.2) is 30.3 Å². The van der Waals surface area contributed by atoms with Gasteiger partial charge in [-0.2, -0.15) is 0 Å². The standard InChI is InChI=1S/C11H14N2O4/c1-7(14)9(11(16)13-17)12-10(15)8-5-3-2-4-6-8/h2-7,9,14,17H,1H3,(H,12,15)(H,13,16)/t7-,9+/m1/s1. The van der Waals surface area contributed by atoms with Gasteiger partial charge < -0.3 is 10.4 Å². The van der Waals surface area contributed by atoms with Crippen molar-refractivity contribution in [3.63, 3.8) is 0 Å². The van der Waals surface area contributed by atoms with Crippen molar-refractivity contribution in [1.29, 1.82) is 0 Å². The molecule has 4 N–H and O–H groups in total. The summed E-state index contributed by atoms with van der Waals surface area (Å²) in [6.07, 6.45) is -1.12. The summed E-state index contributed by atoms with van der Waals surface area (Å²) in [5, 5.41) is 20.1. The van der Waals surface area contributed by atoms with E-state index >= 15 is 0 Å². The first kappa shape index (κ1) is 13.1. The molecule has 0 fully saturated rings. The van der Waals surface area contributed by atoms with Crippen LogP contribution in [0.25, 0.3) is 0 Å². The summed E-state index contributed by atoms with van der Waals surface area (Å²) in [5.41, 5.74) is 1.75. The molecule has 92 valence electrons. The van der Waals surface area contributed by atoms with Crippen LogP contribution in [-0.4, -0.2) is 34.3 Å². The molecule has 0 saturated carbocycles. The highest BCUT2D eigenvalue weighted by atomic mass is 16.5. The van der Waals surface area contributed by atoms with Gasteiger partial charge in [0.2, 0.25) is 0 Å². The van der Waals surface area contributed by atoms with Gasteiger partial charge in [-0.3, -0.25) is 14.8 Å². The summed E-state index contributed by atoms with van der Waals surface area (Å²) >= 11 is 0. The molecule has 1 aromatic carbocycles. The van der Waals surface area contributed by atoms with Crippen LogP contribution in [0.1, 0.15) is 17.3 Å². The first-order valence-corrected chi connectivity index (χ1v) is 5.04. The highest BCUT2D eigenvalue weighted by molar-refractivity contribution is 5.97. The molecule has 6 heteroatoms. The molecule has 0 aliphatic rings. The van der Waals surface area contributed by atoms with Gasteiger partial charge in [0.05, 0.1) is 6.10 Å². The topological polar surface area (TPSA) is 98.7 Å². The molecule has 0 saturated heterocycles. The third kappa shape index (κ3) is 3.54. The lowest BCUT2D eigenvalue weighted by Crippen LogP contribution is -2.51. The van der Waals surface area contributed by atoms with E-state index in [1.54, 1.807) is 30.3 Å². The van der Waals surface area contributed by atoms with Crippen molar-refractivity contribution in [1.82, 2.24) is 10.8 Å². The van der Waals surface area contributed by atoms with Gasteiger partial charge in [0.25, 0.3) is 11.8 Å². The number of carbonyl (C=O) groups is 2. The monoisotopic (exact) mass is 238 g/mol. The van der Waals surface area contributed by atoms with E-state index in [2.05, 4.69) is 5.32 Å². The maximum atomic E-state index is 11.7. The van der Waals surface area contributed by atoms with E-state index in [4.69, 9.17) is 5.21 Å². The second-order valence-corrected chi connectivity index (χ2v) is 3.53. The lowest BCUT2D eigenvalue weighted by molar-refractivity contribution is -0.133. The molecule has 2 amide bonds. The number of rotatable bonds is 4. The van der Waals surface area contributed by atoms with Crippen molar-refractivity contribution in [2.75, 3.05) is 0 Å². The molecule has 17 heavy (non-hydrogen) atoms. The summed E-state index contributed by atoms with van der Waals surface area (Å²) in [4.78, 5) is 22.9. The van der Waals surface area contributed by atoms with E-state index in [1.807, 2.05) is 0 Å². The molecule has 0 aliphatic heterocycles. The molecule has 0 aromatic heterocycles. The molecule has 0 unspecified atom stereocenters. The Morgan fingerprint density at radius 1 is 1.24 bits per heavy atom. The van der Waals surface area contributed by atoms with Gasteiger partial charge in [0, 0.05) is 5.56 Å². The lowest BCUT2D eigenvalue weighted by Gasteiger charge is -2.19. The zero-order valence-corrected chi connectivity index (χ0v) is 9.25. The van der Waals surface area contributed by atoms with Gasteiger partial charge in [-0.1, -0.05) is 18.2 Å². The summed E-state index contributed by atoms with van der Waals surface area (Å²) in [6, 6.07) is 7.06. The molecular formula is C11H14N2O4. The number of hydrogen-bond acceptors (Lipinski definition) is 4. The van der Waals surface area contributed by atoms with Crippen LogP contribution in [0.5, 0.6) is 0 Å². The summed E-state index contributed by atoms with van der Waals surface area (Å²) in [5.74, 6) is -1.37. The first-order valence-electron chi connectivity index (χ1n) is 5.04. The fraction of sp³-hybridized carbons (Fsp3) is 0.273. The van der Waals surface area contributed by atoms with Crippen LogP contribution in [0.3, 0.4) is 0 Å². The third-order valence-electron chi connectivity index (χ3n) is 2.20. The summed E-state index contributed by atoms with van der Waals surface area (Å²) < 4.78 is 0. The smallest absolute Gasteiger partial charge is 0.268 e. The number of aliphatic hydroxyl groups excluding tert-OH is 1. The van der Waals surface area contributed by atoms with E-state index < -0.39 is 24.0 Å². The fourth-order valence-electron chi connectivity index (χ4n) is 1.29. The van der Waals surface area contributed by atoms with E-state index in [0.717, 1.165) is 0 Å². The Hall–Kier alpha value is -1.92. The van der Waals surface area contributed by atoms with Gasteiger partial charge in [0.15, 0.2) is 0 Å². The van der Waals surface area contributed by atoms with Crippen molar-refractivity contribution in [2.45, 2.75) is 19.1 Å². The minimum Gasteiger partial charge on any atom is -0.391 e. The van der Waals surface area contributed by atoms with Gasteiger partial charge in [-0.05, 0) is 19.1 Å². The normalized spacial score (nSPS) is 13.6. The highest BCUT2D eigenvalue weighted by Crippen LogP contribution is 2.00. The first-order chi connectivity index (χ1) is 8.06. The van der Waals surface area contributed by atoms with E-state index in [0.29, 0.717) is 5.56 Å². The van der Waals surface area contributed by atoms with Gasteiger partial charge in [-0.25, -0.2) is 5.48 Å². The van der Waals surface area contributed by atoms with Crippen molar-refractivity contribution in [2.24, 2.45) is 0 Å². The number of hydrogen-bond donors (Lipinski definition) is 4. The number of benzene rings is 1. The van der Waals surface area contributed by atoms with Crippen LogP contribution < -0.4 is 10.8 Å². The van der Waals surface area contributed by atoms with E-state index in [9.17, 15) is 14.7 Å². The Morgan fingerprint density at radius 2 is 1.82 bits per heavy atom. The average molecular weight is 238 g/mol. The Morgan fingerprint density at radius 3 is 2.29 bits per heavy atom. The van der Waals surface area contributed by atoms with Crippen molar-refractivity contribution < 1.29 is 19.9 Å². The molecule has 1 rings (SSSR count). The number of aliphatic hydroxyl groups is 1. The summed E-state index contributed by atoms with van der Waals surface area (Å²) in [6.45, 7) is 1.34. The number of nitrogens with one attached hydrogen (secondary N) is 2. The largest absolute Gasteiger partial charge is 0.391 e. The zero-order valence-electron chi connectivity index (χ0n) is 9.25. The second-order valence-electron chi connectivity index (χ2n) is 3.53. The van der Waals surface area contributed by atoms with Gasteiger partial charge in [-0.15, -0.1) is 0 Å². The van der Waals surface area contributed by atoms with Crippen LogP contribution in [-0.2, 0) is 4.79 Å². The Bertz CT molecular complexity index is 392. The van der Waals surface area contributed by atoms with Gasteiger partial charge in [0.1, 0.15) is 6.04 Å². The lowest BCUT2D eigenvalue weighted by atomic mass is 10.1. The molecule has 0 bridgehead atoms. The fourth-order valence-corrected chi connectivity index (χ4v) is 1.29. The predicted molar refractivity (Wildman–Crippen MR) is 59.3 cm³/mol. The van der Waals surface area contributed by atoms with E-state index in [-0.39, 0.29) is 0 Å². The second kappa shape index (κ2) is 5.97. The molecule has 0 heterocycles. The van der Waals surface area contributed by atoms with Crippen LogP contribution in [0.4, 0.5) is 0 Å². The number of hydroxylamine groups is 1. The molecule has 0 radical (unpaired) electrons. The van der Waals surface area contributed by atoms with Crippen molar-refractivity contribution >= 4 is 11.8 Å². The van der Waals surface area contributed by atoms with E-state index in [1.165, 1.54) is 12.4 Å². The molecule has 0 spiro atoms. The predicted octanol–water partition coefficient (Wildman–Crippen LogP) is -0.329. The van der Waals surface area contributed by atoms with Gasteiger partial charge >= 0.3 is 0 Å². The maximum Gasteiger partial charge on any atom is 0.268 e. The minimum atomic E-state index is -1.20. The maximum absolute atomic E-state index is 11.7. The third-order valence-corrected chi connectivity index (χ3v) is 2.20. The minimum absolute atomic E-state index is 0.365. The Kier molecular flexibility index (Phi) is 4.62. The SMILES string of the molecule is C[C@@H](O)[C@H](NC(=O)c1ccccc1)C(=O)NO. The van der Waals surface area contributed by atoms with Crippen LogP contribution in [0.2, 0.25) is 0 Å². The number of amides is 2. The van der Waals surface area contributed by atoms with Crippen molar-refractivity contribution in [3.05, 3.63) is 35.9 Å². The molecule has 2 atom stereocenters. The molecule has 6 nitrogen and oxygen atoms in total. The van der Waals surface area contributed by atoms with Crippen molar-refractivity contribution in [3.8, 4) is 0 Å². The number of carbonyl (C=O) groups excluding carboxylic acids is 2. The average Bonchev–Trinajstić information content (AvgIpc) is 2.35. The summed E-state index contributed by atoms with van der Waals surface area (Å²) in [7, 11) is 0.